The van der Waals surface area contributed by atoms with Crippen LogP contribution in [0.5, 0.6) is 0 Å². The monoisotopic (exact) mass is 441 g/mol. The number of aromatic nitrogens is 2. The minimum absolute atomic E-state index is 0.0907. The summed E-state index contributed by atoms with van der Waals surface area (Å²) in [6.07, 6.45) is -0.751. The second-order valence-corrected chi connectivity index (χ2v) is 7.40. The number of alkyl carbamates (subject to hydrolysis) is 1. The lowest BCUT2D eigenvalue weighted by Crippen LogP contribution is -2.42. The maximum absolute atomic E-state index is 11.8. The number of hydrogen-bond donors (Lipinski definition) is 2. The van der Waals surface area contributed by atoms with Gasteiger partial charge in [0.15, 0.2) is 0 Å². The first-order valence-corrected chi connectivity index (χ1v) is 9.79. The lowest BCUT2D eigenvalue weighted by Gasteiger charge is -2.14. The molecule has 26 heavy (non-hydrogen) atoms. The van der Waals surface area contributed by atoms with E-state index in [4.69, 9.17) is 4.74 Å². The average molecular weight is 442 g/mol. The standard InChI is InChI=1S/C17H20BrN3O4S/c1-11-15(18)14(21(2)20-11)10-26-9-13(16(22)23)19-17(24)25-8-12-6-4-3-5-7-12/h3-7,13H,8-10H2,1-2H3,(H,19,24)(H,22,23). The van der Waals surface area contributed by atoms with Crippen LogP contribution in [-0.2, 0) is 28.9 Å². The molecule has 1 heterocycles. The van der Waals surface area contributed by atoms with Gasteiger partial charge in [-0.05, 0) is 28.4 Å². The number of hydrogen-bond acceptors (Lipinski definition) is 5. The van der Waals surface area contributed by atoms with Crippen LogP contribution >= 0.6 is 27.7 Å². The minimum Gasteiger partial charge on any atom is -0.480 e. The summed E-state index contributed by atoms with van der Waals surface area (Å²) in [6.45, 7) is 1.98. The number of carbonyl (C=O) groups is 2. The van der Waals surface area contributed by atoms with Gasteiger partial charge in [0, 0.05) is 18.6 Å². The molecule has 140 valence electrons. The number of aryl methyl sites for hydroxylation is 2. The number of rotatable bonds is 8. The SMILES string of the molecule is Cc1nn(C)c(CSCC(NC(=O)OCc2ccccc2)C(=O)O)c1Br. The molecule has 1 amide bonds. The third-order valence-electron chi connectivity index (χ3n) is 3.59. The van der Waals surface area contributed by atoms with Crippen LogP contribution < -0.4 is 5.32 Å². The van der Waals surface area contributed by atoms with E-state index in [9.17, 15) is 14.7 Å². The molecule has 2 N–H and O–H groups in total. The molecule has 0 aliphatic rings. The maximum Gasteiger partial charge on any atom is 0.408 e. The van der Waals surface area contributed by atoms with E-state index in [0.717, 1.165) is 21.4 Å². The van der Waals surface area contributed by atoms with E-state index in [1.165, 1.54) is 11.8 Å². The van der Waals surface area contributed by atoms with Crippen molar-refractivity contribution < 1.29 is 19.4 Å². The Hall–Kier alpha value is -2.00. The predicted molar refractivity (Wildman–Crippen MR) is 103 cm³/mol. The first-order chi connectivity index (χ1) is 12.4. The molecule has 0 radical (unpaired) electrons. The summed E-state index contributed by atoms with van der Waals surface area (Å²) in [5.41, 5.74) is 2.67. The summed E-state index contributed by atoms with van der Waals surface area (Å²) in [6, 6.07) is 8.16. The van der Waals surface area contributed by atoms with Gasteiger partial charge in [0.1, 0.15) is 12.6 Å². The largest absolute Gasteiger partial charge is 0.480 e. The maximum atomic E-state index is 11.8. The highest BCUT2D eigenvalue weighted by molar-refractivity contribution is 9.10. The molecule has 1 unspecified atom stereocenters. The Morgan fingerprint density at radius 2 is 2.08 bits per heavy atom. The molecule has 0 saturated carbocycles. The third kappa shape index (κ3) is 5.77. The highest BCUT2D eigenvalue weighted by Gasteiger charge is 2.21. The fourth-order valence-corrected chi connectivity index (χ4v) is 3.96. The number of nitrogens with one attached hydrogen (secondary N) is 1. The number of aliphatic carboxylic acids is 1. The summed E-state index contributed by atoms with van der Waals surface area (Å²) < 4.78 is 7.74. The van der Waals surface area contributed by atoms with E-state index in [2.05, 4.69) is 26.3 Å². The lowest BCUT2D eigenvalue weighted by molar-refractivity contribution is -0.138. The van der Waals surface area contributed by atoms with E-state index in [1.54, 1.807) is 4.68 Å². The number of amides is 1. The van der Waals surface area contributed by atoms with Gasteiger partial charge in [0.2, 0.25) is 0 Å². The first-order valence-electron chi connectivity index (χ1n) is 7.84. The second kappa shape index (κ2) is 9.63. The van der Waals surface area contributed by atoms with Crippen molar-refractivity contribution in [1.29, 1.82) is 0 Å². The molecule has 1 atom stereocenters. The molecular weight excluding hydrogens is 422 g/mol. The van der Waals surface area contributed by atoms with Crippen LogP contribution in [0.15, 0.2) is 34.8 Å². The highest BCUT2D eigenvalue weighted by atomic mass is 79.9. The van der Waals surface area contributed by atoms with Crippen molar-refractivity contribution in [2.75, 3.05) is 5.75 Å². The molecule has 7 nitrogen and oxygen atoms in total. The van der Waals surface area contributed by atoms with Crippen LogP contribution in [0, 0.1) is 6.92 Å². The van der Waals surface area contributed by atoms with Gasteiger partial charge < -0.3 is 15.2 Å². The van der Waals surface area contributed by atoms with Crippen LogP contribution in [0.25, 0.3) is 0 Å². The Labute approximate surface area is 164 Å². The zero-order chi connectivity index (χ0) is 19.1. The second-order valence-electron chi connectivity index (χ2n) is 5.58. The molecule has 0 fully saturated rings. The van der Waals surface area contributed by atoms with Crippen molar-refractivity contribution in [2.24, 2.45) is 7.05 Å². The van der Waals surface area contributed by atoms with Gasteiger partial charge in [-0.2, -0.15) is 16.9 Å². The number of carbonyl (C=O) groups excluding carboxylic acids is 1. The van der Waals surface area contributed by atoms with E-state index >= 15 is 0 Å². The summed E-state index contributed by atoms with van der Waals surface area (Å²) in [5, 5.41) is 16.0. The highest BCUT2D eigenvalue weighted by Crippen LogP contribution is 2.24. The van der Waals surface area contributed by atoms with Crippen LogP contribution in [0.1, 0.15) is 17.0 Å². The topological polar surface area (TPSA) is 93.5 Å². The molecule has 1 aromatic carbocycles. The molecule has 2 aromatic rings. The smallest absolute Gasteiger partial charge is 0.408 e. The zero-order valence-corrected chi connectivity index (χ0v) is 16.8. The van der Waals surface area contributed by atoms with Crippen molar-refractivity contribution in [2.45, 2.75) is 25.3 Å². The lowest BCUT2D eigenvalue weighted by atomic mass is 10.2. The molecule has 2 rings (SSSR count). The van der Waals surface area contributed by atoms with Crippen molar-refractivity contribution in [1.82, 2.24) is 15.1 Å². The fourth-order valence-electron chi connectivity index (χ4n) is 2.19. The van der Waals surface area contributed by atoms with Gasteiger partial charge in [-0.15, -0.1) is 0 Å². The van der Waals surface area contributed by atoms with Crippen LogP contribution in [-0.4, -0.2) is 38.7 Å². The number of thioether (sulfide) groups is 1. The minimum atomic E-state index is -1.10. The quantitative estimate of drug-likeness (QED) is 0.653. The average Bonchev–Trinajstić information content (AvgIpc) is 2.85. The Balaban J connectivity index is 1.82. The fraction of sp³-hybridized carbons (Fsp3) is 0.353. The molecule has 0 bridgehead atoms. The van der Waals surface area contributed by atoms with Gasteiger partial charge in [-0.25, -0.2) is 9.59 Å². The molecular formula is C17H20BrN3O4S. The Morgan fingerprint density at radius 3 is 2.65 bits per heavy atom. The van der Waals surface area contributed by atoms with E-state index < -0.39 is 18.1 Å². The molecule has 0 aliphatic heterocycles. The van der Waals surface area contributed by atoms with Gasteiger partial charge in [0.05, 0.1) is 15.9 Å². The number of benzene rings is 1. The molecule has 0 spiro atoms. The number of carboxylic acid groups (broad SMARTS) is 1. The van der Waals surface area contributed by atoms with Crippen LogP contribution in [0.4, 0.5) is 4.79 Å². The number of halogens is 1. The number of carboxylic acids is 1. The van der Waals surface area contributed by atoms with E-state index in [0.29, 0.717) is 5.75 Å². The van der Waals surface area contributed by atoms with Crippen molar-refractivity contribution >= 4 is 39.8 Å². The summed E-state index contributed by atoms with van der Waals surface area (Å²) in [4.78, 5) is 23.2. The summed E-state index contributed by atoms with van der Waals surface area (Å²) in [5.74, 6) is -0.316. The number of nitrogens with zero attached hydrogens (tertiary/aromatic N) is 2. The normalized spacial score (nSPS) is 11.8. The third-order valence-corrected chi connectivity index (χ3v) is 5.67. The Bertz CT molecular complexity index is 767. The van der Waals surface area contributed by atoms with E-state index in [-0.39, 0.29) is 12.4 Å². The summed E-state index contributed by atoms with van der Waals surface area (Å²) in [7, 11) is 1.83. The molecule has 0 saturated heterocycles. The van der Waals surface area contributed by atoms with Gasteiger partial charge in [-0.1, -0.05) is 30.3 Å². The first kappa shape index (κ1) is 20.3. The van der Waals surface area contributed by atoms with Crippen LogP contribution in [0.2, 0.25) is 0 Å². The molecule has 0 aliphatic carbocycles. The van der Waals surface area contributed by atoms with Crippen LogP contribution in [0.3, 0.4) is 0 Å². The van der Waals surface area contributed by atoms with Gasteiger partial charge >= 0.3 is 12.1 Å². The van der Waals surface area contributed by atoms with E-state index in [1.807, 2.05) is 44.3 Å². The Morgan fingerprint density at radius 1 is 1.38 bits per heavy atom. The number of ether oxygens (including phenoxy) is 1. The van der Waals surface area contributed by atoms with Crippen molar-refractivity contribution in [3.05, 3.63) is 51.8 Å². The predicted octanol–water partition coefficient (Wildman–Crippen LogP) is 3.10. The Kier molecular flexibility index (Phi) is 7.52. The van der Waals surface area contributed by atoms with Crippen molar-refractivity contribution in [3.8, 4) is 0 Å². The van der Waals surface area contributed by atoms with Gasteiger partial charge in [0.25, 0.3) is 0 Å². The van der Waals surface area contributed by atoms with Crippen molar-refractivity contribution in [3.63, 3.8) is 0 Å². The summed E-state index contributed by atoms with van der Waals surface area (Å²) >= 11 is 4.88. The van der Waals surface area contributed by atoms with Gasteiger partial charge in [-0.3, -0.25) is 4.68 Å². The zero-order valence-electron chi connectivity index (χ0n) is 14.4. The molecule has 1 aromatic heterocycles. The molecule has 9 heteroatoms.